The summed E-state index contributed by atoms with van der Waals surface area (Å²) in [6.45, 7) is 0. The molecule has 2 aromatic heterocycles. The standard InChI is InChI=1S/C13H11ClN2O3S/c14-11-5-4-8(19-11)12(17)15-16-13(18)10-6-7-2-1-3-9(7)20-10/h4-6H,1-3H2,(H,15,17)(H,16,18). The van der Waals surface area contributed by atoms with E-state index in [9.17, 15) is 9.59 Å². The number of thiophene rings is 1. The molecule has 2 amide bonds. The van der Waals surface area contributed by atoms with Gasteiger partial charge in [-0.15, -0.1) is 11.3 Å². The molecular formula is C13H11ClN2O3S. The molecule has 0 aromatic carbocycles. The van der Waals surface area contributed by atoms with Crippen molar-refractivity contribution in [3.05, 3.63) is 44.5 Å². The van der Waals surface area contributed by atoms with Gasteiger partial charge in [0.2, 0.25) is 0 Å². The van der Waals surface area contributed by atoms with Gasteiger partial charge >= 0.3 is 5.91 Å². The predicted octanol–water partition coefficient (Wildman–Crippen LogP) is 2.56. The van der Waals surface area contributed by atoms with Gasteiger partial charge in [-0.1, -0.05) is 0 Å². The van der Waals surface area contributed by atoms with Crippen molar-refractivity contribution in [3.8, 4) is 0 Å². The summed E-state index contributed by atoms with van der Waals surface area (Å²) in [5, 5.41) is 0.121. The Morgan fingerprint density at radius 3 is 2.70 bits per heavy atom. The van der Waals surface area contributed by atoms with E-state index in [0.29, 0.717) is 4.88 Å². The van der Waals surface area contributed by atoms with Crippen LogP contribution in [0.2, 0.25) is 5.22 Å². The van der Waals surface area contributed by atoms with Gasteiger partial charge in [0.05, 0.1) is 4.88 Å². The number of hydrogen-bond donors (Lipinski definition) is 2. The highest BCUT2D eigenvalue weighted by Gasteiger charge is 2.19. The summed E-state index contributed by atoms with van der Waals surface area (Å²) in [6, 6.07) is 4.78. The van der Waals surface area contributed by atoms with Crippen LogP contribution in [0, 0.1) is 0 Å². The first-order chi connectivity index (χ1) is 9.63. The van der Waals surface area contributed by atoms with Crippen molar-refractivity contribution in [1.82, 2.24) is 10.9 Å². The minimum Gasteiger partial charge on any atom is -0.439 e. The summed E-state index contributed by atoms with van der Waals surface area (Å²) in [6.07, 6.45) is 3.21. The maximum atomic E-state index is 11.9. The van der Waals surface area contributed by atoms with Gasteiger partial charge in [0.25, 0.3) is 5.91 Å². The fourth-order valence-electron chi connectivity index (χ4n) is 2.11. The molecule has 0 saturated carbocycles. The fourth-order valence-corrected chi connectivity index (χ4v) is 3.41. The van der Waals surface area contributed by atoms with Crippen LogP contribution in [0.1, 0.15) is 37.1 Å². The molecule has 0 spiro atoms. The predicted molar refractivity (Wildman–Crippen MR) is 75.0 cm³/mol. The third kappa shape index (κ3) is 2.57. The molecule has 5 nitrogen and oxygen atoms in total. The Morgan fingerprint density at radius 1 is 1.20 bits per heavy atom. The van der Waals surface area contributed by atoms with Crippen molar-refractivity contribution in [2.45, 2.75) is 19.3 Å². The molecule has 2 aromatic rings. The first-order valence-corrected chi connectivity index (χ1v) is 7.30. The van der Waals surface area contributed by atoms with E-state index < -0.39 is 5.91 Å². The smallest absolute Gasteiger partial charge is 0.305 e. The van der Waals surface area contributed by atoms with Crippen LogP contribution in [0.3, 0.4) is 0 Å². The number of hydrogen-bond acceptors (Lipinski definition) is 4. The molecule has 0 aliphatic heterocycles. The van der Waals surface area contributed by atoms with E-state index in [1.165, 1.54) is 33.9 Å². The Bertz CT molecular complexity index is 655. The Balaban J connectivity index is 1.60. The molecule has 7 heteroatoms. The summed E-state index contributed by atoms with van der Waals surface area (Å²) in [7, 11) is 0. The van der Waals surface area contributed by atoms with Gasteiger partial charge in [0, 0.05) is 4.88 Å². The molecule has 1 aliphatic carbocycles. The number of hydrazine groups is 1. The highest BCUT2D eigenvalue weighted by Crippen LogP contribution is 2.30. The van der Waals surface area contributed by atoms with Gasteiger partial charge in [-0.25, -0.2) is 0 Å². The molecule has 3 rings (SSSR count). The number of carbonyl (C=O) groups is 2. The van der Waals surface area contributed by atoms with E-state index in [-0.39, 0.29) is 16.9 Å². The number of fused-ring (bicyclic) bond motifs is 1. The normalized spacial score (nSPS) is 13.1. The Kier molecular flexibility index (Phi) is 3.50. The van der Waals surface area contributed by atoms with Gasteiger partial charge in [-0.3, -0.25) is 20.4 Å². The van der Waals surface area contributed by atoms with Crippen LogP contribution in [-0.4, -0.2) is 11.8 Å². The highest BCUT2D eigenvalue weighted by molar-refractivity contribution is 7.14. The van der Waals surface area contributed by atoms with E-state index >= 15 is 0 Å². The molecule has 1 aliphatic rings. The van der Waals surface area contributed by atoms with Crippen molar-refractivity contribution >= 4 is 34.8 Å². The molecule has 0 radical (unpaired) electrons. The van der Waals surface area contributed by atoms with Gasteiger partial charge in [-0.05, 0) is 54.6 Å². The van der Waals surface area contributed by atoms with Crippen LogP contribution >= 0.6 is 22.9 Å². The van der Waals surface area contributed by atoms with Crippen molar-refractivity contribution in [2.24, 2.45) is 0 Å². The lowest BCUT2D eigenvalue weighted by molar-refractivity contribution is 0.0833. The van der Waals surface area contributed by atoms with E-state index in [0.717, 1.165) is 19.3 Å². The number of halogens is 1. The average molecular weight is 311 g/mol. The van der Waals surface area contributed by atoms with Crippen LogP contribution in [0.25, 0.3) is 0 Å². The summed E-state index contributed by atoms with van der Waals surface area (Å²) in [4.78, 5) is 25.4. The van der Waals surface area contributed by atoms with Gasteiger partial charge < -0.3 is 4.42 Å². The van der Waals surface area contributed by atoms with Crippen LogP contribution in [0.5, 0.6) is 0 Å². The Labute approximate surface area is 123 Å². The van der Waals surface area contributed by atoms with Gasteiger partial charge in [0.1, 0.15) is 0 Å². The Morgan fingerprint density at radius 2 is 2.00 bits per heavy atom. The zero-order valence-electron chi connectivity index (χ0n) is 10.4. The topological polar surface area (TPSA) is 71.3 Å². The van der Waals surface area contributed by atoms with Crippen molar-refractivity contribution in [2.75, 3.05) is 0 Å². The third-order valence-corrected chi connectivity index (χ3v) is 4.50. The average Bonchev–Trinajstić information content (AvgIpc) is 3.09. The van der Waals surface area contributed by atoms with Crippen molar-refractivity contribution < 1.29 is 14.0 Å². The second kappa shape index (κ2) is 5.30. The minimum absolute atomic E-state index is 0.0453. The number of nitrogens with one attached hydrogen (secondary N) is 2. The summed E-state index contributed by atoms with van der Waals surface area (Å²) >= 11 is 7.05. The molecule has 0 atom stereocenters. The number of furan rings is 1. The molecule has 0 bridgehead atoms. The van der Waals surface area contributed by atoms with E-state index in [1.54, 1.807) is 0 Å². The maximum absolute atomic E-state index is 11.9. The van der Waals surface area contributed by atoms with E-state index in [4.69, 9.17) is 16.0 Å². The quantitative estimate of drug-likeness (QED) is 0.837. The summed E-state index contributed by atoms with van der Waals surface area (Å²) < 4.78 is 4.94. The van der Waals surface area contributed by atoms with E-state index in [2.05, 4.69) is 10.9 Å². The van der Waals surface area contributed by atoms with E-state index in [1.807, 2.05) is 6.07 Å². The largest absolute Gasteiger partial charge is 0.439 e. The molecule has 2 N–H and O–H groups in total. The molecule has 104 valence electrons. The molecule has 20 heavy (non-hydrogen) atoms. The highest BCUT2D eigenvalue weighted by atomic mass is 35.5. The van der Waals surface area contributed by atoms with Crippen LogP contribution in [0.15, 0.2) is 22.6 Å². The van der Waals surface area contributed by atoms with Crippen molar-refractivity contribution in [3.63, 3.8) is 0 Å². The van der Waals surface area contributed by atoms with Crippen molar-refractivity contribution in [1.29, 1.82) is 0 Å². The number of carbonyl (C=O) groups excluding carboxylic acids is 2. The zero-order valence-corrected chi connectivity index (χ0v) is 11.9. The lowest BCUT2D eigenvalue weighted by atomic mass is 10.2. The molecule has 0 fully saturated rings. The third-order valence-electron chi connectivity index (χ3n) is 3.06. The molecular weight excluding hydrogens is 300 g/mol. The number of aryl methyl sites for hydroxylation is 2. The molecule has 0 unspecified atom stereocenters. The molecule has 0 saturated heterocycles. The second-order valence-electron chi connectivity index (χ2n) is 4.42. The first kappa shape index (κ1) is 13.2. The monoisotopic (exact) mass is 310 g/mol. The number of amides is 2. The number of rotatable bonds is 2. The van der Waals surface area contributed by atoms with Gasteiger partial charge in [-0.2, -0.15) is 0 Å². The lowest BCUT2D eigenvalue weighted by Crippen LogP contribution is -2.41. The van der Waals surface area contributed by atoms with Crippen LogP contribution in [0.4, 0.5) is 0 Å². The van der Waals surface area contributed by atoms with Crippen LogP contribution < -0.4 is 10.9 Å². The van der Waals surface area contributed by atoms with Gasteiger partial charge in [0.15, 0.2) is 11.0 Å². The summed E-state index contributed by atoms with van der Waals surface area (Å²) in [5.41, 5.74) is 5.90. The molecule has 2 heterocycles. The second-order valence-corrected chi connectivity index (χ2v) is 5.93. The van der Waals surface area contributed by atoms with Crippen LogP contribution in [-0.2, 0) is 12.8 Å². The first-order valence-electron chi connectivity index (χ1n) is 6.11. The lowest BCUT2D eigenvalue weighted by Gasteiger charge is -2.04. The zero-order chi connectivity index (χ0) is 14.1. The fraction of sp³-hybridized carbons (Fsp3) is 0.231. The maximum Gasteiger partial charge on any atom is 0.305 e. The summed E-state index contributed by atoms with van der Waals surface area (Å²) in [5.74, 6) is -0.825. The Hall–Kier alpha value is -1.79. The minimum atomic E-state index is -0.547. The SMILES string of the molecule is O=C(NNC(=O)c1cc2c(s1)CCC2)c1ccc(Cl)o1.